The fourth-order valence-corrected chi connectivity index (χ4v) is 3.32. The highest BCUT2D eigenvalue weighted by atomic mass is 16.2. The van der Waals surface area contributed by atoms with Gasteiger partial charge in [0.1, 0.15) is 0 Å². The molecule has 2 fully saturated rings. The van der Waals surface area contributed by atoms with Crippen molar-refractivity contribution in [2.75, 3.05) is 6.54 Å². The van der Waals surface area contributed by atoms with Gasteiger partial charge in [-0.3, -0.25) is 14.5 Å². The predicted octanol–water partition coefficient (Wildman–Crippen LogP) is 3.05. The van der Waals surface area contributed by atoms with Gasteiger partial charge in [-0.05, 0) is 37.5 Å². The summed E-state index contributed by atoms with van der Waals surface area (Å²) in [7, 11) is 0. The van der Waals surface area contributed by atoms with Crippen LogP contribution in [0.1, 0.15) is 57.8 Å². The number of nitrogens with zero attached hydrogens (tertiary/aromatic N) is 1. The normalized spacial score (nSPS) is 22.8. The lowest BCUT2D eigenvalue weighted by Crippen LogP contribution is -2.47. The minimum Gasteiger partial charge on any atom is -0.283 e. The number of amides is 2. The van der Waals surface area contributed by atoms with Crippen molar-refractivity contribution in [3.8, 4) is 0 Å². The molecule has 1 saturated heterocycles. The molecule has 3 nitrogen and oxygen atoms in total. The second-order valence-corrected chi connectivity index (χ2v) is 5.78. The Labute approximate surface area is 109 Å². The lowest BCUT2D eigenvalue weighted by atomic mass is 9.76. The highest BCUT2D eigenvalue weighted by molar-refractivity contribution is 5.98. The molecule has 1 heterocycles. The number of imide groups is 1. The first-order chi connectivity index (χ1) is 8.67. The van der Waals surface area contributed by atoms with Crippen molar-refractivity contribution in [1.82, 2.24) is 4.90 Å². The number of allylic oxidation sites excluding steroid dienone is 1. The molecule has 0 N–H and O–H groups in total. The highest BCUT2D eigenvalue weighted by Gasteiger charge is 2.44. The number of rotatable bonds is 5. The van der Waals surface area contributed by atoms with Crippen LogP contribution in [-0.4, -0.2) is 23.3 Å². The van der Waals surface area contributed by atoms with Crippen LogP contribution in [0.5, 0.6) is 0 Å². The molecule has 2 aliphatic rings. The third-order valence-corrected chi connectivity index (χ3v) is 4.36. The molecule has 3 heteroatoms. The van der Waals surface area contributed by atoms with Crippen LogP contribution < -0.4 is 0 Å². The van der Waals surface area contributed by atoms with E-state index in [-0.39, 0.29) is 17.2 Å². The van der Waals surface area contributed by atoms with E-state index >= 15 is 0 Å². The molecule has 0 radical (unpaired) electrons. The van der Waals surface area contributed by atoms with Crippen LogP contribution in [0.4, 0.5) is 0 Å². The Morgan fingerprint density at radius 2 is 1.72 bits per heavy atom. The molecule has 0 bridgehead atoms. The van der Waals surface area contributed by atoms with Gasteiger partial charge in [0, 0.05) is 19.4 Å². The summed E-state index contributed by atoms with van der Waals surface area (Å²) in [5.74, 6) is 0.124. The minimum absolute atomic E-state index is 0.0335. The second-order valence-electron chi connectivity index (χ2n) is 5.78. The van der Waals surface area contributed by atoms with Gasteiger partial charge in [-0.15, -0.1) is 6.58 Å². The van der Waals surface area contributed by atoms with Gasteiger partial charge in [0.2, 0.25) is 11.8 Å². The zero-order chi connectivity index (χ0) is 13.0. The Morgan fingerprint density at radius 3 is 2.28 bits per heavy atom. The van der Waals surface area contributed by atoms with Crippen LogP contribution in [-0.2, 0) is 9.59 Å². The molecule has 0 unspecified atom stereocenters. The maximum atomic E-state index is 12.1. The maximum absolute atomic E-state index is 12.1. The summed E-state index contributed by atoms with van der Waals surface area (Å²) in [5.41, 5.74) is 0.0335. The minimum atomic E-state index is 0.0335. The first-order valence-corrected chi connectivity index (χ1v) is 7.11. The van der Waals surface area contributed by atoms with E-state index < -0.39 is 0 Å². The fourth-order valence-electron chi connectivity index (χ4n) is 3.32. The van der Waals surface area contributed by atoms with E-state index in [0.717, 1.165) is 32.1 Å². The molecule has 0 aromatic carbocycles. The molecule has 100 valence electrons. The van der Waals surface area contributed by atoms with Crippen molar-refractivity contribution in [3.05, 3.63) is 12.7 Å². The Kier molecular flexibility index (Phi) is 4.20. The summed E-state index contributed by atoms with van der Waals surface area (Å²) in [6, 6.07) is 0. The number of piperidine rings is 1. The molecule has 0 aromatic heterocycles. The summed E-state index contributed by atoms with van der Waals surface area (Å²) < 4.78 is 0. The topological polar surface area (TPSA) is 37.4 Å². The number of carbonyl (C=O) groups is 2. The second kappa shape index (κ2) is 5.68. The maximum Gasteiger partial charge on any atom is 0.229 e. The van der Waals surface area contributed by atoms with Crippen molar-refractivity contribution in [2.45, 2.75) is 57.8 Å². The van der Waals surface area contributed by atoms with Crippen molar-refractivity contribution < 1.29 is 9.59 Å². The zero-order valence-corrected chi connectivity index (χ0v) is 11.1. The molecule has 1 aliphatic heterocycles. The third-order valence-electron chi connectivity index (χ3n) is 4.36. The highest BCUT2D eigenvalue weighted by Crippen LogP contribution is 2.46. The quantitative estimate of drug-likeness (QED) is 0.426. The smallest absolute Gasteiger partial charge is 0.229 e. The standard InChI is InChI=1S/C15H23NO2/c1-2-3-4-7-10-16-13(17)11-15(12-14(16)18)8-5-6-9-15/h2H,1,3-12H2. The average Bonchev–Trinajstić information content (AvgIpc) is 2.75. The molecule has 18 heavy (non-hydrogen) atoms. The summed E-state index contributed by atoms with van der Waals surface area (Å²) in [5, 5.41) is 0. The van der Waals surface area contributed by atoms with Gasteiger partial charge in [0.05, 0.1) is 0 Å². The molecule has 2 rings (SSSR count). The number of unbranched alkanes of at least 4 members (excludes halogenated alkanes) is 2. The lowest BCUT2D eigenvalue weighted by molar-refractivity contribution is -0.153. The van der Waals surface area contributed by atoms with Crippen LogP contribution in [0.2, 0.25) is 0 Å². The Bertz CT molecular complexity index is 322. The number of hydrogen-bond acceptors (Lipinski definition) is 2. The van der Waals surface area contributed by atoms with E-state index in [9.17, 15) is 9.59 Å². The van der Waals surface area contributed by atoms with E-state index in [2.05, 4.69) is 6.58 Å². The predicted molar refractivity (Wildman–Crippen MR) is 70.9 cm³/mol. The zero-order valence-electron chi connectivity index (χ0n) is 11.1. The molecule has 0 aromatic rings. The third kappa shape index (κ3) is 2.82. The van der Waals surface area contributed by atoms with E-state index in [1.165, 1.54) is 17.7 Å². The number of likely N-dealkylation sites (tertiary alicyclic amines) is 1. The van der Waals surface area contributed by atoms with Crippen LogP contribution in [0, 0.1) is 5.41 Å². The van der Waals surface area contributed by atoms with E-state index in [4.69, 9.17) is 0 Å². The summed E-state index contributed by atoms with van der Waals surface area (Å²) in [6.45, 7) is 4.27. The summed E-state index contributed by atoms with van der Waals surface area (Å²) >= 11 is 0. The van der Waals surface area contributed by atoms with Gasteiger partial charge < -0.3 is 0 Å². The van der Waals surface area contributed by atoms with Gasteiger partial charge in [-0.25, -0.2) is 0 Å². The van der Waals surface area contributed by atoms with E-state index in [0.29, 0.717) is 19.4 Å². The molecule has 0 atom stereocenters. The van der Waals surface area contributed by atoms with E-state index in [1.54, 1.807) is 0 Å². The van der Waals surface area contributed by atoms with Gasteiger partial charge in [-0.2, -0.15) is 0 Å². The van der Waals surface area contributed by atoms with Gasteiger partial charge in [0.25, 0.3) is 0 Å². The average molecular weight is 249 g/mol. The molecular formula is C15H23NO2. The van der Waals surface area contributed by atoms with Crippen molar-refractivity contribution >= 4 is 11.8 Å². The molecule has 1 aliphatic carbocycles. The first-order valence-electron chi connectivity index (χ1n) is 7.11. The Balaban J connectivity index is 1.88. The van der Waals surface area contributed by atoms with Gasteiger partial charge >= 0.3 is 0 Å². The van der Waals surface area contributed by atoms with Crippen LogP contribution >= 0.6 is 0 Å². The largest absolute Gasteiger partial charge is 0.283 e. The molecule has 1 spiro atoms. The Hall–Kier alpha value is -1.12. The molecule has 1 saturated carbocycles. The van der Waals surface area contributed by atoms with Crippen LogP contribution in [0.15, 0.2) is 12.7 Å². The van der Waals surface area contributed by atoms with Crippen LogP contribution in [0.25, 0.3) is 0 Å². The lowest BCUT2D eigenvalue weighted by Gasteiger charge is -2.37. The number of carbonyl (C=O) groups excluding carboxylic acids is 2. The molecule has 2 amide bonds. The van der Waals surface area contributed by atoms with Crippen molar-refractivity contribution in [1.29, 1.82) is 0 Å². The summed E-state index contributed by atoms with van der Waals surface area (Å²) in [4.78, 5) is 25.7. The van der Waals surface area contributed by atoms with Crippen LogP contribution in [0.3, 0.4) is 0 Å². The van der Waals surface area contributed by atoms with Crippen molar-refractivity contribution in [3.63, 3.8) is 0 Å². The fraction of sp³-hybridized carbons (Fsp3) is 0.733. The Morgan fingerprint density at radius 1 is 1.11 bits per heavy atom. The van der Waals surface area contributed by atoms with Gasteiger partial charge in [-0.1, -0.05) is 18.9 Å². The number of hydrogen-bond donors (Lipinski definition) is 0. The summed E-state index contributed by atoms with van der Waals surface area (Å²) in [6.07, 6.45) is 10.4. The SMILES string of the molecule is C=CCCCCN1C(=O)CC2(CCCC2)CC1=O. The monoisotopic (exact) mass is 249 g/mol. The van der Waals surface area contributed by atoms with E-state index in [1.807, 2.05) is 6.08 Å². The molecular weight excluding hydrogens is 226 g/mol. The van der Waals surface area contributed by atoms with Gasteiger partial charge in [0.15, 0.2) is 0 Å². The first kappa shape index (κ1) is 13.3. The van der Waals surface area contributed by atoms with Crippen molar-refractivity contribution in [2.24, 2.45) is 5.41 Å².